The molecule has 0 saturated carbocycles. The van der Waals surface area contributed by atoms with Crippen LogP contribution in [0.25, 0.3) is 11.0 Å². The van der Waals surface area contributed by atoms with E-state index in [1.54, 1.807) is 18.2 Å². The topological polar surface area (TPSA) is 105 Å². The molecule has 3 rings (SSSR count). The van der Waals surface area contributed by atoms with Gasteiger partial charge >= 0.3 is 5.97 Å². The van der Waals surface area contributed by atoms with Crippen LogP contribution in [0.4, 0.5) is 0 Å². The Morgan fingerprint density at radius 1 is 1.41 bits per heavy atom. The second-order valence-electron chi connectivity index (χ2n) is 5.09. The molecule has 1 fully saturated rings. The molecule has 1 aromatic heterocycles. The van der Waals surface area contributed by atoms with E-state index in [0.717, 1.165) is 5.52 Å². The maximum absolute atomic E-state index is 12.5. The van der Waals surface area contributed by atoms with E-state index in [4.69, 9.17) is 0 Å². The van der Waals surface area contributed by atoms with Gasteiger partial charge in [-0.15, -0.1) is 5.10 Å². The molecule has 2 aromatic rings. The second-order valence-corrected chi connectivity index (χ2v) is 5.09. The molecule has 0 bridgehead atoms. The molecule has 1 N–H and O–H groups in total. The second kappa shape index (κ2) is 5.55. The van der Waals surface area contributed by atoms with E-state index < -0.39 is 11.9 Å². The quantitative estimate of drug-likeness (QED) is 0.626. The van der Waals surface area contributed by atoms with Crippen molar-refractivity contribution in [1.29, 1.82) is 0 Å². The molecule has 1 aliphatic rings. The molecule has 1 aromatic carbocycles. The Labute approximate surface area is 125 Å². The molecule has 0 radical (unpaired) electrons. The van der Waals surface area contributed by atoms with Crippen molar-refractivity contribution in [3.8, 4) is 0 Å². The minimum atomic E-state index is -0.904. The number of carbonyl (C=O) groups is 3. The SMILES string of the molecule is COC(=O)C1CN(C(=O)c2ccc3[nH]nnc3c2)CCC1=O. The molecule has 1 unspecified atom stereocenters. The summed E-state index contributed by atoms with van der Waals surface area (Å²) in [7, 11) is 1.23. The van der Waals surface area contributed by atoms with Crippen LogP contribution in [0.3, 0.4) is 0 Å². The summed E-state index contributed by atoms with van der Waals surface area (Å²) in [5, 5.41) is 10.2. The van der Waals surface area contributed by atoms with Crippen molar-refractivity contribution in [3.05, 3.63) is 23.8 Å². The van der Waals surface area contributed by atoms with Crippen LogP contribution in [0.15, 0.2) is 18.2 Å². The van der Waals surface area contributed by atoms with Crippen LogP contribution >= 0.6 is 0 Å². The molecule has 1 aliphatic heterocycles. The monoisotopic (exact) mass is 302 g/mol. The number of ketones is 1. The van der Waals surface area contributed by atoms with Crippen molar-refractivity contribution in [1.82, 2.24) is 20.3 Å². The number of rotatable bonds is 2. The van der Waals surface area contributed by atoms with Crippen molar-refractivity contribution in [2.75, 3.05) is 20.2 Å². The fraction of sp³-hybridized carbons (Fsp3) is 0.357. The smallest absolute Gasteiger partial charge is 0.318 e. The Hall–Kier alpha value is -2.77. The van der Waals surface area contributed by atoms with Crippen LogP contribution in [0.5, 0.6) is 0 Å². The molecule has 114 valence electrons. The average Bonchev–Trinajstić information content (AvgIpc) is 3.01. The summed E-state index contributed by atoms with van der Waals surface area (Å²) >= 11 is 0. The van der Waals surface area contributed by atoms with E-state index >= 15 is 0 Å². The first kappa shape index (κ1) is 14.2. The minimum Gasteiger partial charge on any atom is -0.468 e. The van der Waals surface area contributed by atoms with Crippen molar-refractivity contribution in [2.24, 2.45) is 5.92 Å². The largest absolute Gasteiger partial charge is 0.468 e. The number of aromatic amines is 1. The van der Waals surface area contributed by atoms with Gasteiger partial charge in [0.2, 0.25) is 0 Å². The molecular formula is C14H14N4O4. The van der Waals surface area contributed by atoms with Crippen LogP contribution in [0.1, 0.15) is 16.8 Å². The summed E-state index contributed by atoms with van der Waals surface area (Å²) < 4.78 is 4.62. The van der Waals surface area contributed by atoms with Gasteiger partial charge in [0.25, 0.3) is 5.91 Å². The zero-order valence-corrected chi connectivity index (χ0v) is 11.9. The number of methoxy groups -OCH3 is 1. The zero-order chi connectivity index (χ0) is 15.7. The van der Waals surface area contributed by atoms with Crippen LogP contribution in [-0.4, -0.2) is 58.2 Å². The molecule has 2 heterocycles. The van der Waals surface area contributed by atoms with E-state index in [1.165, 1.54) is 12.0 Å². The highest BCUT2D eigenvalue weighted by Gasteiger charge is 2.35. The van der Waals surface area contributed by atoms with Crippen molar-refractivity contribution < 1.29 is 19.1 Å². The third-order valence-electron chi connectivity index (χ3n) is 3.77. The number of benzene rings is 1. The van der Waals surface area contributed by atoms with E-state index in [1.807, 2.05) is 0 Å². The third-order valence-corrected chi connectivity index (χ3v) is 3.77. The molecule has 22 heavy (non-hydrogen) atoms. The highest BCUT2D eigenvalue weighted by molar-refractivity contribution is 6.03. The standard InChI is InChI=1S/C14H14N4O4/c1-22-14(21)9-7-18(5-4-12(9)19)13(20)8-2-3-10-11(6-8)16-17-15-10/h2-3,6,9H,4-5,7H2,1H3,(H,15,16,17). The molecule has 0 aliphatic carbocycles. The number of piperidine rings is 1. The van der Waals surface area contributed by atoms with Crippen molar-refractivity contribution >= 4 is 28.7 Å². The molecule has 0 spiro atoms. The first-order chi connectivity index (χ1) is 10.6. The number of hydrogen-bond donors (Lipinski definition) is 1. The van der Waals surface area contributed by atoms with E-state index in [9.17, 15) is 14.4 Å². The summed E-state index contributed by atoms with van der Waals surface area (Å²) in [6.45, 7) is 0.337. The number of nitrogens with one attached hydrogen (secondary N) is 1. The van der Waals surface area contributed by atoms with E-state index in [2.05, 4.69) is 20.1 Å². The number of nitrogens with zero attached hydrogens (tertiary/aromatic N) is 3. The Kier molecular flexibility index (Phi) is 3.58. The summed E-state index contributed by atoms with van der Waals surface area (Å²) in [6.07, 6.45) is 0.151. The summed E-state index contributed by atoms with van der Waals surface area (Å²) in [5.74, 6) is -1.94. The average molecular weight is 302 g/mol. The highest BCUT2D eigenvalue weighted by Crippen LogP contribution is 2.19. The fourth-order valence-corrected chi connectivity index (χ4v) is 2.52. The fourth-order valence-electron chi connectivity index (χ4n) is 2.52. The Bertz CT molecular complexity index is 746. The summed E-state index contributed by atoms with van der Waals surface area (Å²) in [5.41, 5.74) is 1.76. The van der Waals surface area contributed by atoms with Gasteiger partial charge in [0, 0.05) is 25.1 Å². The third kappa shape index (κ3) is 2.43. The number of Topliss-reactive ketones (excluding diaryl/α,β-unsaturated/α-hetero) is 1. The maximum atomic E-state index is 12.5. The Morgan fingerprint density at radius 2 is 2.23 bits per heavy atom. The number of H-pyrrole nitrogens is 1. The lowest BCUT2D eigenvalue weighted by molar-refractivity contribution is -0.151. The molecule has 1 atom stereocenters. The predicted octanol–water partition coefficient (Wildman–Crippen LogP) is 0.162. The minimum absolute atomic E-state index is 0.0428. The number of likely N-dealkylation sites (tertiary alicyclic amines) is 1. The van der Waals surface area contributed by atoms with Gasteiger partial charge in [-0.1, -0.05) is 5.21 Å². The number of amides is 1. The van der Waals surface area contributed by atoms with Gasteiger partial charge in [-0.05, 0) is 18.2 Å². The zero-order valence-electron chi connectivity index (χ0n) is 11.9. The number of aromatic nitrogens is 3. The van der Waals surface area contributed by atoms with Gasteiger partial charge in [-0.25, -0.2) is 0 Å². The lowest BCUT2D eigenvalue weighted by Gasteiger charge is -2.30. The van der Waals surface area contributed by atoms with Gasteiger partial charge in [-0.3, -0.25) is 19.5 Å². The van der Waals surface area contributed by atoms with Crippen LogP contribution in [0, 0.1) is 5.92 Å². The Balaban J connectivity index is 1.82. The molecule has 8 nitrogen and oxygen atoms in total. The highest BCUT2D eigenvalue weighted by atomic mass is 16.5. The maximum Gasteiger partial charge on any atom is 0.318 e. The number of ether oxygens (including phenoxy) is 1. The van der Waals surface area contributed by atoms with Gasteiger partial charge in [0.1, 0.15) is 11.4 Å². The first-order valence-electron chi connectivity index (χ1n) is 6.81. The number of carbonyl (C=O) groups excluding carboxylic acids is 3. The number of esters is 1. The molecule has 8 heteroatoms. The lowest BCUT2D eigenvalue weighted by Crippen LogP contribution is -2.47. The number of hydrogen-bond acceptors (Lipinski definition) is 6. The predicted molar refractivity (Wildman–Crippen MR) is 74.9 cm³/mol. The normalized spacial score (nSPS) is 18.5. The first-order valence-corrected chi connectivity index (χ1v) is 6.81. The van der Waals surface area contributed by atoms with Gasteiger partial charge < -0.3 is 9.64 Å². The van der Waals surface area contributed by atoms with E-state index in [0.29, 0.717) is 17.6 Å². The van der Waals surface area contributed by atoms with Gasteiger partial charge in [0.15, 0.2) is 5.78 Å². The van der Waals surface area contributed by atoms with E-state index in [-0.39, 0.29) is 24.7 Å². The van der Waals surface area contributed by atoms with Crippen LogP contribution in [0.2, 0.25) is 0 Å². The van der Waals surface area contributed by atoms with Crippen molar-refractivity contribution in [2.45, 2.75) is 6.42 Å². The van der Waals surface area contributed by atoms with Crippen LogP contribution < -0.4 is 0 Å². The summed E-state index contributed by atoms with van der Waals surface area (Å²) in [6, 6.07) is 5.01. The molecular weight excluding hydrogens is 288 g/mol. The van der Waals surface area contributed by atoms with Crippen LogP contribution in [-0.2, 0) is 14.3 Å². The van der Waals surface area contributed by atoms with Gasteiger partial charge in [0.05, 0.1) is 12.6 Å². The Morgan fingerprint density at radius 3 is 3.00 bits per heavy atom. The number of fused-ring (bicyclic) bond motifs is 1. The van der Waals surface area contributed by atoms with Crippen molar-refractivity contribution in [3.63, 3.8) is 0 Å². The molecule has 1 saturated heterocycles. The lowest BCUT2D eigenvalue weighted by atomic mass is 9.96. The summed E-state index contributed by atoms with van der Waals surface area (Å²) in [4.78, 5) is 37.4. The van der Waals surface area contributed by atoms with Gasteiger partial charge in [-0.2, -0.15) is 0 Å². The molecule has 1 amide bonds.